The third-order valence-electron chi connectivity index (χ3n) is 7.21. The van der Waals surface area contributed by atoms with Crippen molar-refractivity contribution in [3.63, 3.8) is 0 Å². The number of nitrogens with zero attached hydrogens (tertiary/aromatic N) is 1. The van der Waals surface area contributed by atoms with Crippen molar-refractivity contribution in [3.8, 4) is 11.5 Å². The predicted molar refractivity (Wildman–Crippen MR) is 122 cm³/mol. The highest BCUT2D eigenvalue weighted by Crippen LogP contribution is 2.55. The first-order valence-electron chi connectivity index (χ1n) is 11.1. The standard InChI is InChI=1S/C24H21ClN4O6/c1-10-4-12-20(13(25)5-10)27-23(33)24(12)19-18(14(28-24)7-17(26)30)21(31)29(22(19)32)8-11-2-3-15-16(6-11)35-9-34-15/h2-6,14,18-19,28H,7-9H2,1H3,(H2,26,30)(H,27,33)/t14-,18-,19-,24-/m1/s1. The average molecular weight is 497 g/mol. The minimum absolute atomic E-state index is 0.0102. The van der Waals surface area contributed by atoms with Gasteiger partial charge in [0, 0.05) is 18.0 Å². The molecule has 0 unspecified atom stereocenters. The molecule has 1 spiro atoms. The van der Waals surface area contributed by atoms with E-state index in [-0.39, 0.29) is 19.8 Å². The van der Waals surface area contributed by atoms with Gasteiger partial charge in [-0.1, -0.05) is 23.7 Å². The molecule has 0 saturated carbocycles. The molecular formula is C24H21ClN4O6. The second kappa shape index (κ2) is 7.43. The zero-order chi connectivity index (χ0) is 24.6. The number of halogens is 1. The molecule has 0 aliphatic carbocycles. The highest BCUT2D eigenvalue weighted by Gasteiger charge is 2.70. The van der Waals surface area contributed by atoms with Crippen molar-refractivity contribution in [1.82, 2.24) is 10.2 Å². The summed E-state index contributed by atoms with van der Waals surface area (Å²) >= 11 is 6.41. The normalized spacial score (nSPS) is 28.0. The summed E-state index contributed by atoms with van der Waals surface area (Å²) in [6.45, 7) is 1.91. The molecule has 0 radical (unpaired) electrons. The molecule has 10 nitrogen and oxygen atoms in total. The summed E-state index contributed by atoms with van der Waals surface area (Å²) in [5, 5.41) is 6.27. The number of rotatable bonds is 4. The Morgan fingerprint density at radius 2 is 1.94 bits per heavy atom. The van der Waals surface area contributed by atoms with Gasteiger partial charge in [-0.3, -0.25) is 29.4 Å². The van der Waals surface area contributed by atoms with Gasteiger partial charge >= 0.3 is 0 Å². The highest BCUT2D eigenvalue weighted by atomic mass is 35.5. The zero-order valence-corrected chi connectivity index (χ0v) is 19.3. The Morgan fingerprint density at radius 1 is 1.17 bits per heavy atom. The van der Waals surface area contributed by atoms with Crippen LogP contribution in [0.1, 0.15) is 23.1 Å². The maximum atomic E-state index is 13.8. The Kier molecular flexibility index (Phi) is 4.64. The number of anilines is 1. The van der Waals surface area contributed by atoms with E-state index in [1.165, 1.54) is 0 Å². The number of carbonyl (C=O) groups is 4. The van der Waals surface area contributed by atoms with Crippen molar-refractivity contribution < 1.29 is 28.7 Å². The third-order valence-corrected chi connectivity index (χ3v) is 7.51. The first-order valence-corrected chi connectivity index (χ1v) is 11.5. The van der Waals surface area contributed by atoms with Crippen molar-refractivity contribution in [2.45, 2.75) is 31.5 Å². The molecule has 4 aliphatic heterocycles. The van der Waals surface area contributed by atoms with Crippen LogP contribution >= 0.6 is 11.6 Å². The predicted octanol–water partition coefficient (Wildman–Crippen LogP) is 1.17. The lowest BCUT2D eigenvalue weighted by atomic mass is 9.76. The van der Waals surface area contributed by atoms with Gasteiger partial charge in [-0.15, -0.1) is 0 Å². The van der Waals surface area contributed by atoms with Gasteiger partial charge in [0.2, 0.25) is 30.4 Å². The molecule has 0 bridgehead atoms. The smallest absolute Gasteiger partial charge is 0.250 e. The number of ether oxygens (including phenoxy) is 2. The van der Waals surface area contributed by atoms with E-state index in [1.807, 2.05) is 6.92 Å². The van der Waals surface area contributed by atoms with Crippen LogP contribution in [0.5, 0.6) is 11.5 Å². The van der Waals surface area contributed by atoms with Gasteiger partial charge in [-0.05, 0) is 36.2 Å². The Morgan fingerprint density at radius 3 is 2.71 bits per heavy atom. The minimum Gasteiger partial charge on any atom is -0.454 e. The number of fused-ring (bicyclic) bond motifs is 5. The van der Waals surface area contributed by atoms with Crippen LogP contribution in [0.25, 0.3) is 0 Å². The molecule has 4 aliphatic rings. The molecular weight excluding hydrogens is 476 g/mol. The summed E-state index contributed by atoms with van der Waals surface area (Å²) in [6, 6.07) is 7.86. The van der Waals surface area contributed by atoms with Gasteiger partial charge < -0.3 is 20.5 Å². The van der Waals surface area contributed by atoms with E-state index in [0.717, 1.165) is 10.5 Å². The summed E-state index contributed by atoms with van der Waals surface area (Å²) in [7, 11) is 0. The van der Waals surface area contributed by atoms with Gasteiger partial charge in [0.1, 0.15) is 5.54 Å². The van der Waals surface area contributed by atoms with E-state index >= 15 is 0 Å². The van der Waals surface area contributed by atoms with Crippen LogP contribution in [0.3, 0.4) is 0 Å². The lowest BCUT2D eigenvalue weighted by molar-refractivity contribution is -0.143. The SMILES string of the molecule is Cc1cc(Cl)c2c(c1)[C@]1(N[C@H](CC(N)=O)[C@H]3C(=O)N(Cc4ccc5c(c4)OCO5)C(=O)[C@@H]31)C(=O)N2. The first-order chi connectivity index (χ1) is 16.7. The minimum atomic E-state index is -1.55. The number of imide groups is 1. The molecule has 35 heavy (non-hydrogen) atoms. The summed E-state index contributed by atoms with van der Waals surface area (Å²) in [5.41, 5.74) is 6.26. The lowest BCUT2D eigenvalue weighted by Gasteiger charge is -2.29. The molecule has 4 N–H and O–H groups in total. The largest absolute Gasteiger partial charge is 0.454 e. The van der Waals surface area contributed by atoms with Crippen LogP contribution in [0, 0.1) is 18.8 Å². The summed E-state index contributed by atoms with van der Waals surface area (Å²) < 4.78 is 10.7. The van der Waals surface area contributed by atoms with E-state index in [4.69, 9.17) is 26.8 Å². The van der Waals surface area contributed by atoms with Crippen LogP contribution in [0.15, 0.2) is 30.3 Å². The number of hydrogen-bond donors (Lipinski definition) is 3. The van der Waals surface area contributed by atoms with Crippen molar-refractivity contribution in [2.75, 3.05) is 12.1 Å². The van der Waals surface area contributed by atoms with Gasteiger partial charge in [0.15, 0.2) is 11.5 Å². The average Bonchev–Trinajstić information content (AvgIpc) is 3.51. The number of likely N-dealkylation sites (tertiary alicyclic amines) is 1. The van der Waals surface area contributed by atoms with Crippen LogP contribution in [-0.2, 0) is 31.3 Å². The van der Waals surface area contributed by atoms with E-state index in [0.29, 0.717) is 33.3 Å². The molecule has 2 saturated heterocycles. The number of hydrogen-bond acceptors (Lipinski definition) is 7. The number of amides is 4. The molecule has 180 valence electrons. The van der Waals surface area contributed by atoms with Crippen LogP contribution in [0.2, 0.25) is 5.02 Å². The quantitative estimate of drug-likeness (QED) is 0.540. The number of primary amides is 1. The van der Waals surface area contributed by atoms with Gasteiger partial charge in [-0.25, -0.2) is 0 Å². The number of nitrogens with one attached hydrogen (secondary N) is 2. The highest BCUT2D eigenvalue weighted by molar-refractivity contribution is 6.35. The van der Waals surface area contributed by atoms with Gasteiger partial charge in [-0.2, -0.15) is 0 Å². The molecule has 2 aromatic carbocycles. The van der Waals surface area contributed by atoms with Crippen molar-refractivity contribution in [3.05, 3.63) is 52.0 Å². The summed E-state index contributed by atoms with van der Waals surface area (Å²) in [6.07, 6.45) is -0.206. The fourth-order valence-electron chi connectivity index (χ4n) is 5.82. The van der Waals surface area contributed by atoms with Gasteiger partial charge in [0.05, 0.1) is 29.1 Å². The number of aryl methyl sites for hydroxylation is 1. The van der Waals surface area contributed by atoms with Gasteiger partial charge in [0.25, 0.3) is 0 Å². The number of carbonyl (C=O) groups excluding carboxylic acids is 4. The molecule has 4 atom stereocenters. The Labute approximate surface area is 204 Å². The topological polar surface area (TPSA) is 140 Å². The Hall–Kier alpha value is -3.63. The van der Waals surface area contributed by atoms with Crippen molar-refractivity contribution >= 4 is 40.9 Å². The maximum absolute atomic E-state index is 13.8. The summed E-state index contributed by atoms with van der Waals surface area (Å²) in [4.78, 5) is 54.0. The van der Waals surface area contributed by atoms with Crippen LogP contribution < -0.4 is 25.8 Å². The third kappa shape index (κ3) is 2.99. The van der Waals surface area contributed by atoms with E-state index in [9.17, 15) is 19.2 Å². The van der Waals surface area contributed by atoms with Crippen LogP contribution in [0.4, 0.5) is 5.69 Å². The molecule has 4 amide bonds. The monoisotopic (exact) mass is 496 g/mol. The van der Waals surface area contributed by atoms with Crippen LogP contribution in [-0.4, -0.2) is 41.4 Å². The molecule has 6 rings (SSSR count). The maximum Gasteiger partial charge on any atom is 0.250 e. The van der Waals surface area contributed by atoms with E-state index < -0.39 is 47.0 Å². The zero-order valence-electron chi connectivity index (χ0n) is 18.6. The fraction of sp³-hybridized carbons (Fsp3) is 0.333. The molecule has 4 heterocycles. The van der Waals surface area contributed by atoms with Crippen molar-refractivity contribution in [2.24, 2.45) is 17.6 Å². The Balaban J connectivity index is 1.44. The van der Waals surface area contributed by atoms with E-state index in [2.05, 4.69) is 10.6 Å². The molecule has 11 heteroatoms. The fourth-order valence-corrected chi connectivity index (χ4v) is 6.14. The number of benzene rings is 2. The first kappa shape index (κ1) is 21.9. The second-order valence-electron chi connectivity index (χ2n) is 9.31. The van der Waals surface area contributed by atoms with E-state index in [1.54, 1.807) is 30.3 Å². The second-order valence-corrected chi connectivity index (χ2v) is 9.71. The molecule has 2 fully saturated rings. The molecule has 2 aromatic rings. The number of nitrogens with two attached hydrogens (primary N) is 1. The summed E-state index contributed by atoms with van der Waals surface area (Å²) in [5.74, 6) is -3.00. The Bertz CT molecular complexity index is 1350. The lowest BCUT2D eigenvalue weighted by Crippen LogP contribution is -2.53. The van der Waals surface area contributed by atoms with Crippen molar-refractivity contribution in [1.29, 1.82) is 0 Å². The molecule has 0 aromatic heterocycles.